The summed E-state index contributed by atoms with van der Waals surface area (Å²) in [5.41, 5.74) is 1.17. The number of nitrogens with zero attached hydrogens (tertiary/aromatic N) is 3. The molecule has 1 fully saturated rings. The summed E-state index contributed by atoms with van der Waals surface area (Å²) in [7, 11) is 3.96. The third-order valence-electron chi connectivity index (χ3n) is 3.66. The minimum absolute atomic E-state index is 0.378. The molecular formula is C15H26N4O. The summed E-state index contributed by atoms with van der Waals surface area (Å²) in [6.45, 7) is 6.85. The maximum atomic E-state index is 5.71. The molecule has 1 aromatic heterocycles. The van der Waals surface area contributed by atoms with Gasteiger partial charge in [0.2, 0.25) is 0 Å². The van der Waals surface area contributed by atoms with E-state index in [4.69, 9.17) is 4.74 Å². The van der Waals surface area contributed by atoms with E-state index in [9.17, 15) is 0 Å². The highest BCUT2D eigenvalue weighted by molar-refractivity contribution is 5.59. The van der Waals surface area contributed by atoms with Crippen molar-refractivity contribution in [3.63, 3.8) is 0 Å². The average Bonchev–Trinajstić information content (AvgIpc) is 3.26. The molecule has 0 aliphatic heterocycles. The normalized spacial score (nSPS) is 14.7. The molecular weight excluding hydrogens is 252 g/mol. The highest BCUT2D eigenvalue weighted by Gasteiger charge is 2.21. The van der Waals surface area contributed by atoms with E-state index >= 15 is 0 Å². The van der Waals surface area contributed by atoms with E-state index in [1.807, 2.05) is 7.05 Å². The van der Waals surface area contributed by atoms with Crippen molar-refractivity contribution in [1.29, 1.82) is 0 Å². The number of nitrogens with one attached hydrogen (secondary N) is 1. The lowest BCUT2D eigenvalue weighted by Gasteiger charge is -2.24. The molecule has 0 saturated heterocycles. The van der Waals surface area contributed by atoms with Gasteiger partial charge < -0.3 is 15.0 Å². The second-order valence-corrected chi connectivity index (χ2v) is 5.80. The molecule has 1 saturated carbocycles. The van der Waals surface area contributed by atoms with Crippen LogP contribution in [0.25, 0.3) is 0 Å². The van der Waals surface area contributed by atoms with E-state index < -0.39 is 0 Å². The number of rotatable bonds is 8. The number of hydrogen-bond acceptors (Lipinski definition) is 5. The van der Waals surface area contributed by atoms with Gasteiger partial charge in [0.15, 0.2) is 0 Å². The van der Waals surface area contributed by atoms with Crippen molar-refractivity contribution >= 4 is 11.6 Å². The third kappa shape index (κ3) is 3.82. The van der Waals surface area contributed by atoms with E-state index in [1.54, 1.807) is 6.33 Å². The van der Waals surface area contributed by atoms with Crippen LogP contribution in [-0.2, 0) is 4.74 Å². The van der Waals surface area contributed by atoms with Gasteiger partial charge in [-0.15, -0.1) is 0 Å². The van der Waals surface area contributed by atoms with Gasteiger partial charge in [-0.3, -0.25) is 0 Å². The number of anilines is 2. The Morgan fingerprint density at radius 2 is 2.15 bits per heavy atom. The Labute approximate surface area is 121 Å². The molecule has 1 N–H and O–H groups in total. The van der Waals surface area contributed by atoms with Gasteiger partial charge in [-0.05, 0) is 24.7 Å². The first-order valence-electron chi connectivity index (χ1n) is 7.45. The standard InChI is InChI=1S/C15H26N4O/c1-11(2)13-14(16-3)17-10-18-15(13)19(4)7-8-20-9-12-5-6-12/h10-12H,5-9H2,1-4H3,(H,16,17,18). The molecule has 0 aromatic carbocycles. The van der Waals surface area contributed by atoms with Crippen molar-refractivity contribution < 1.29 is 4.74 Å². The molecule has 20 heavy (non-hydrogen) atoms. The van der Waals surface area contributed by atoms with E-state index in [2.05, 4.69) is 41.1 Å². The summed E-state index contributed by atoms with van der Waals surface area (Å²) in [5.74, 6) is 3.11. The Balaban J connectivity index is 1.97. The third-order valence-corrected chi connectivity index (χ3v) is 3.66. The van der Waals surface area contributed by atoms with Crippen LogP contribution in [0.2, 0.25) is 0 Å². The summed E-state index contributed by atoms with van der Waals surface area (Å²) < 4.78 is 5.71. The van der Waals surface area contributed by atoms with Crippen molar-refractivity contribution in [2.24, 2.45) is 5.92 Å². The Bertz CT molecular complexity index is 432. The van der Waals surface area contributed by atoms with E-state index in [1.165, 1.54) is 18.4 Å². The second-order valence-electron chi connectivity index (χ2n) is 5.80. The van der Waals surface area contributed by atoms with E-state index in [-0.39, 0.29) is 0 Å². The van der Waals surface area contributed by atoms with Crippen molar-refractivity contribution in [2.45, 2.75) is 32.6 Å². The van der Waals surface area contributed by atoms with Crippen molar-refractivity contribution in [3.8, 4) is 0 Å². The number of hydrogen-bond donors (Lipinski definition) is 1. The minimum atomic E-state index is 0.378. The van der Waals surface area contributed by atoms with Crippen LogP contribution in [0.1, 0.15) is 38.2 Å². The van der Waals surface area contributed by atoms with Gasteiger partial charge in [-0.1, -0.05) is 13.8 Å². The van der Waals surface area contributed by atoms with Crippen LogP contribution < -0.4 is 10.2 Å². The van der Waals surface area contributed by atoms with E-state index in [0.717, 1.165) is 37.3 Å². The number of likely N-dealkylation sites (N-methyl/N-ethyl adjacent to an activating group) is 1. The number of aromatic nitrogens is 2. The first kappa shape index (κ1) is 15.0. The van der Waals surface area contributed by atoms with Crippen LogP contribution in [0.3, 0.4) is 0 Å². The fraction of sp³-hybridized carbons (Fsp3) is 0.733. The molecule has 0 unspecified atom stereocenters. The van der Waals surface area contributed by atoms with Gasteiger partial charge in [0.1, 0.15) is 18.0 Å². The summed E-state index contributed by atoms with van der Waals surface area (Å²) in [5, 5.41) is 3.15. The molecule has 1 aliphatic rings. The Kier molecular flexibility index (Phi) is 5.17. The van der Waals surface area contributed by atoms with Crippen LogP contribution in [0, 0.1) is 5.92 Å². The maximum Gasteiger partial charge on any atom is 0.137 e. The zero-order valence-corrected chi connectivity index (χ0v) is 13.0. The summed E-state index contributed by atoms with van der Waals surface area (Å²) in [6.07, 6.45) is 4.30. The van der Waals surface area contributed by atoms with Crippen molar-refractivity contribution in [1.82, 2.24) is 9.97 Å². The highest BCUT2D eigenvalue weighted by Crippen LogP contribution is 2.30. The Hall–Kier alpha value is -1.36. The Morgan fingerprint density at radius 1 is 1.40 bits per heavy atom. The predicted octanol–water partition coefficient (Wildman–Crippen LogP) is 2.50. The first-order valence-corrected chi connectivity index (χ1v) is 7.45. The van der Waals surface area contributed by atoms with Gasteiger partial charge >= 0.3 is 0 Å². The summed E-state index contributed by atoms with van der Waals surface area (Å²) >= 11 is 0. The smallest absolute Gasteiger partial charge is 0.137 e. The largest absolute Gasteiger partial charge is 0.379 e. The first-order chi connectivity index (χ1) is 9.63. The van der Waals surface area contributed by atoms with Gasteiger partial charge in [0.25, 0.3) is 0 Å². The van der Waals surface area contributed by atoms with Crippen molar-refractivity contribution in [3.05, 3.63) is 11.9 Å². The molecule has 0 radical (unpaired) electrons. The van der Waals surface area contributed by atoms with Crippen molar-refractivity contribution in [2.75, 3.05) is 44.1 Å². The lowest BCUT2D eigenvalue weighted by molar-refractivity contribution is 0.130. The lowest BCUT2D eigenvalue weighted by Crippen LogP contribution is -2.26. The molecule has 2 rings (SSSR count). The van der Waals surface area contributed by atoms with Crippen LogP contribution in [0.4, 0.5) is 11.6 Å². The molecule has 0 spiro atoms. The second kappa shape index (κ2) is 6.88. The zero-order valence-electron chi connectivity index (χ0n) is 13.0. The molecule has 5 nitrogen and oxygen atoms in total. The molecule has 0 amide bonds. The topological polar surface area (TPSA) is 50.3 Å². The van der Waals surface area contributed by atoms with Gasteiger partial charge in [-0.2, -0.15) is 0 Å². The molecule has 1 heterocycles. The van der Waals surface area contributed by atoms with Gasteiger partial charge in [0, 0.05) is 32.8 Å². The molecule has 1 aromatic rings. The molecule has 0 bridgehead atoms. The van der Waals surface area contributed by atoms with Gasteiger partial charge in [-0.25, -0.2) is 9.97 Å². The number of ether oxygens (including phenoxy) is 1. The minimum Gasteiger partial charge on any atom is -0.379 e. The average molecular weight is 278 g/mol. The SMILES string of the molecule is CNc1ncnc(N(C)CCOCC2CC2)c1C(C)C. The molecule has 112 valence electrons. The van der Waals surface area contributed by atoms with Crippen LogP contribution in [0.15, 0.2) is 6.33 Å². The lowest BCUT2D eigenvalue weighted by atomic mass is 10.0. The predicted molar refractivity (Wildman–Crippen MR) is 82.5 cm³/mol. The maximum absolute atomic E-state index is 5.71. The summed E-state index contributed by atoms with van der Waals surface area (Å²) in [4.78, 5) is 10.9. The quantitative estimate of drug-likeness (QED) is 0.740. The highest BCUT2D eigenvalue weighted by atomic mass is 16.5. The fourth-order valence-corrected chi connectivity index (χ4v) is 2.26. The Morgan fingerprint density at radius 3 is 2.75 bits per heavy atom. The molecule has 0 atom stereocenters. The van der Waals surface area contributed by atoms with E-state index in [0.29, 0.717) is 5.92 Å². The molecule has 5 heteroatoms. The van der Waals surface area contributed by atoms with Crippen LogP contribution >= 0.6 is 0 Å². The monoisotopic (exact) mass is 278 g/mol. The van der Waals surface area contributed by atoms with Crippen LogP contribution in [0.5, 0.6) is 0 Å². The van der Waals surface area contributed by atoms with Crippen LogP contribution in [-0.4, -0.2) is 43.8 Å². The van der Waals surface area contributed by atoms with Gasteiger partial charge in [0.05, 0.1) is 6.61 Å². The molecule has 1 aliphatic carbocycles. The summed E-state index contributed by atoms with van der Waals surface area (Å²) in [6, 6.07) is 0. The fourth-order valence-electron chi connectivity index (χ4n) is 2.26. The zero-order chi connectivity index (χ0) is 14.5.